The number of aromatic nitrogens is 1. The van der Waals surface area contributed by atoms with Gasteiger partial charge in [0.25, 0.3) is 10.0 Å². The van der Waals surface area contributed by atoms with E-state index in [0.717, 1.165) is 4.31 Å². The first-order valence-electron chi connectivity index (χ1n) is 5.77. The van der Waals surface area contributed by atoms with Gasteiger partial charge < -0.3 is 0 Å². The van der Waals surface area contributed by atoms with Crippen molar-refractivity contribution in [3.05, 3.63) is 41.7 Å². The largest absolute Gasteiger partial charge is 0.266 e. The molecule has 0 saturated carbocycles. The highest BCUT2D eigenvalue weighted by atomic mass is 35.5. The number of rotatable bonds is 1. The first-order valence-corrected chi connectivity index (χ1v) is 7.59. The van der Waals surface area contributed by atoms with Gasteiger partial charge >= 0.3 is 0 Å². The first-order chi connectivity index (χ1) is 9.50. The Hall–Kier alpha value is -1.92. The Morgan fingerprint density at radius 3 is 2.80 bits per heavy atom. The molecular formula is C13H10ClN3O2S. The molecule has 1 aromatic carbocycles. The number of sulfonamides is 1. The molecule has 3 rings (SSSR count). The van der Waals surface area contributed by atoms with Crippen molar-refractivity contribution in [1.82, 2.24) is 9.29 Å². The number of aliphatic imine (C=N–C) groups is 1. The van der Waals surface area contributed by atoms with Crippen LogP contribution in [0.5, 0.6) is 0 Å². The van der Waals surface area contributed by atoms with Crippen LogP contribution in [-0.4, -0.2) is 31.1 Å². The van der Waals surface area contributed by atoms with Gasteiger partial charge in [0.05, 0.1) is 5.69 Å². The van der Waals surface area contributed by atoms with Crippen molar-refractivity contribution in [2.45, 2.75) is 4.90 Å². The summed E-state index contributed by atoms with van der Waals surface area (Å²) in [6, 6.07) is 8.55. The quantitative estimate of drug-likeness (QED) is 0.761. The van der Waals surface area contributed by atoms with Gasteiger partial charge in [-0.15, -0.1) is 0 Å². The molecule has 1 aliphatic rings. The molecule has 1 aromatic heterocycles. The summed E-state index contributed by atoms with van der Waals surface area (Å²) in [5.41, 5.74) is 1.80. The molecule has 0 saturated heterocycles. The predicted octanol–water partition coefficient (Wildman–Crippen LogP) is 2.70. The second-order valence-corrected chi connectivity index (χ2v) is 6.61. The molecule has 0 amide bonds. The summed E-state index contributed by atoms with van der Waals surface area (Å²) < 4.78 is 25.6. The Morgan fingerprint density at radius 1 is 1.25 bits per heavy atom. The Labute approximate surface area is 121 Å². The third-order valence-electron chi connectivity index (χ3n) is 3.05. The van der Waals surface area contributed by atoms with E-state index in [4.69, 9.17) is 11.6 Å². The minimum Gasteiger partial charge on any atom is -0.259 e. The average Bonchev–Trinajstić information content (AvgIpc) is 2.44. The fourth-order valence-electron chi connectivity index (χ4n) is 1.96. The zero-order valence-corrected chi connectivity index (χ0v) is 12.1. The summed E-state index contributed by atoms with van der Waals surface area (Å²) in [6.07, 6.45) is 2.87. The topological polar surface area (TPSA) is 62.6 Å². The van der Waals surface area contributed by atoms with E-state index >= 15 is 0 Å². The molecule has 0 fully saturated rings. The molecule has 1 aliphatic heterocycles. The molecule has 2 aromatic rings. The van der Waals surface area contributed by atoms with Crippen LogP contribution in [0.4, 0.5) is 5.69 Å². The Balaban J connectivity index is 2.23. The van der Waals surface area contributed by atoms with Crippen molar-refractivity contribution in [1.29, 1.82) is 0 Å². The molecule has 102 valence electrons. The SMILES string of the molecule is CN1C=Nc2ccc(-c3cccnc3Cl)cc2S1(=O)=O. The molecule has 5 nitrogen and oxygen atoms in total. The minimum atomic E-state index is -3.54. The monoisotopic (exact) mass is 307 g/mol. The lowest BCUT2D eigenvalue weighted by atomic mass is 10.1. The van der Waals surface area contributed by atoms with Gasteiger partial charge in [0, 0.05) is 18.8 Å². The molecule has 0 aliphatic carbocycles. The maximum absolute atomic E-state index is 12.3. The number of hydrogen-bond acceptors (Lipinski definition) is 4. The van der Waals surface area contributed by atoms with Gasteiger partial charge in [-0.3, -0.25) is 4.31 Å². The second-order valence-electron chi connectivity index (χ2n) is 4.29. The van der Waals surface area contributed by atoms with E-state index in [-0.39, 0.29) is 4.90 Å². The molecule has 20 heavy (non-hydrogen) atoms. The lowest BCUT2D eigenvalue weighted by molar-refractivity contribution is 0.554. The number of pyridine rings is 1. The zero-order valence-electron chi connectivity index (χ0n) is 10.5. The number of nitrogens with zero attached hydrogens (tertiary/aromatic N) is 3. The molecule has 0 atom stereocenters. The maximum atomic E-state index is 12.3. The van der Waals surface area contributed by atoms with E-state index < -0.39 is 10.0 Å². The van der Waals surface area contributed by atoms with E-state index in [2.05, 4.69) is 9.98 Å². The Kier molecular flexibility index (Phi) is 2.99. The maximum Gasteiger partial charge on any atom is 0.266 e. The van der Waals surface area contributed by atoms with E-state index in [0.29, 0.717) is 22.0 Å². The normalized spacial score (nSPS) is 16.0. The third kappa shape index (κ3) is 1.97. The van der Waals surface area contributed by atoms with Gasteiger partial charge in [-0.25, -0.2) is 18.4 Å². The van der Waals surface area contributed by atoms with Crippen LogP contribution in [-0.2, 0) is 10.0 Å². The second kappa shape index (κ2) is 4.57. The van der Waals surface area contributed by atoms with Crippen molar-refractivity contribution in [3.63, 3.8) is 0 Å². The number of hydrogen-bond donors (Lipinski definition) is 0. The molecule has 7 heteroatoms. The van der Waals surface area contributed by atoms with E-state index in [9.17, 15) is 8.42 Å². The van der Waals surface area contributed by atoms with Crippen LogP contribution in [0.3, 0.4) is 0 Å². The van der Waals surface area contributed by atoms with Crippen LogP contribution in [0.1, 0.15) is 0 Å². The number of halogens is 1. The molecule has 0 bridgehead atoms. The van der Waals surface area contributed by atoms with Gasteiger partial charge in [0.2, 0.25) is 0 Å². The van der Waals surface area contributed by atoms with Crippen molar-refractivity contribution in [2.24, 2.45) is 4.99 Å². The van der Waals surface area contributed by atoms with E-state index in [1.165, 1.54) is 13.4 Å². The van der Waals surface area contributed by atoms with E-state index in [1.807, 2.05) is 0 Å². The summed E-state index contributed by atoms with van der Waals surface area (Å²) >= 11 is 6.04. The van der Waals surface area contributed by atoms with Gasteiger partial charge in [0.1, 0.15) is 16.4 Å². The zero-order chi connectivity index (χ0) is 14.3. The highest BCUT2D eigenvalue weighted by Gasteiger charge is 2.26. The van der Waals surface area contributed by atoms with Gasteiger partial charge in [-0.05, 0) is 29.8 Å². The van der Waals surface area contributed by atoms with Crippen molar-refractivity contribution < 1.29 is 8.42 Å². The van der Waals surface area contributed by atoms with Crippen LogP contribution in [0.25, 0.3) is 11.1 Å². The summed E-state index contributed by atoms with van der Waals surface area (Å²) in [4.78, 5) is 8.26. The lowest BCUT2D eigenvalue weighted by Crippen LogP contribution is -2.27. The third-order valence-corrected chi connectivity index (χ3v) is 5.08. The summed E-state index contributed by atoms with van der Waals surface area (Å²) in [7, 11) is -2.09. The van der Waals surface area contributed by atoms with Gasteiger partial charge in [0.15, 0.2) is 0 Å². The lowest BCUT2D eigenvalue weighted by Gasteiger charge is -2.20. The first kappa shape index (κ1) is 13.1. The van der Waals surface area contributed by atoms with Crippen LogP contribution in [0.15, 0.2) is 46.4 Å². The highest BCUT2D eigenvalue weighted by molar-refractivity contribution is 7.89. The Morgan fingerprint density at radius 2 is 2.05 bits per heavy atom. The van der Waals surface area contributed by atoms with Crippen molar-refractivity contribution >= 4 is 33.7 Å². The molecule has 0 unspecified atom stereocenters. The summed E-state index contributed by atoms with van der Waals surface area (Å²) in [6.45, 7) is 0. The minimum absolute atomic E-state index is 0.167. The molecule has 0 spiro atoms. The van der Waals surface area contributed by atoms with Crippen molar-refractivity contribution in [3.8, 4) is 11.1 Å². The average molecular weight is 308 g/mol. The van der Waals surface area contributed by atoms with Crippen LogP contribution in [0.2, 0.25) is 5.15 Å². The van der Waals surface area contributed by atoms with E-state index in [1.54, 1.807) is 36.5 Å². The van der Waals surface area contributed by atoms with Crippen molar-refractivity contribution in [2.75, 3.05) is 7.05 Å². The fourth-order valence-corrected chi connectivity index (χ4v) is 3.33. The predicted molar refractivity (Wildman–Crippen MR) is 77.8 cm³/mol. The van der Waals surface area contributed by atoms with Crippen LogP contribution >= 0.6 is 11.6 Å². The number of fused-ring (bicyclic) bond motifs is 1. The highest BCUT2D eigenvalue weighted by Crippen LogP contribution is 2.35. The Bertz CT molecular complexity index is 818. The van der Waals surface area contributed by atoms with Crippen LogP contribution in [0, 0.1) is 0 Å². The molecule has 0 radical (unpaired) electrons. The molecular weight excluding hydrogens is 298 g/mol. The summed E-state index contributed by atoms with van der Waals surface area (Å²) in [5, 5.41) is 0.331. The van der Waals surface area contributed by atoms with Gasteiger partial charge in [-0.2, -0.15) is 0 Å². The summed E-state index contributed by atoms with van der Waals surface area (Å²) in [5.74, 6) is 0. The fraction of sp³-hybridized carbons (Fsp3) is 0.0769. The van der Waals surface area contributed by atoms with Gasteiger partial charge in [-0.1, -0.05) is 17.7 Å². The standard InChI is InChI=1S/C13H10ClN3O2S/c1-17-8-16-11-5-4-9(7-12(11)20(17,18)19)10-3-2-6-15-13(10)14/h2-8H,1H3. The molecule has 2 heterocycles. The smallest absolute Gasteiger partial charge is 0.259 e. The molecule has 0 N–H and O–H groups in total. The van der Waals surface area contributed by atoms with Crippen LogP contribution < -0.4 is 0 Å². The number of benzene rings is 1.